The number of aryl methyl sites for hydroxylation is 1. The Morgan fingerprint density at radius 3 is 2.19 bits per heavy atom. The van der Waals surface area contributed by atoms with E-state index in [0.717, 1.165) is 6.07 Å². The van der Waals surface area contributed by atoms with Crippen LogP contribution in [0.1, 0.15) is 17.5 Å². The Hall–Kier alpha value is -1.17. The average molecular weight is 240 g/mol. The molecule has 0 spiro atoms. The fraction of sp³-hybridized carbons (Fsp3) is 0.400. The van der Waals surface area contributed by atoms with Crippen molar-refractivity contribution in [3.8, 4) is 0 Å². The number of hydrogen-bond acceptors (Lipinski definition) is 1. The fourth-order valence-electron chi connectivity index (χ4n) is 1.27. The van der Waals surface area contributed by atoms with Gasteiger partial charge in [-0.1, -0.05) is 6.07 Å². The first-order valence-electron chi connectivity index (χ1n) is 4.53. The van der Waals surface area contributed by atoms with Gasteiger partial charge in [0.15, 0.2) is 11.6 Å². The number of hydrogen-bond donors (Lipinski definition) is 1. The molecule has 0 saturated heterocycles. The van der Waals surface area contributed by atoms with E-state index in [2.05, 4.69) is 0 Å². The van der Waals surface area contributed by atoms with E-state index in [0.29, 0.717) is 6.07 Å². The van der Waals surface area contributed by atoms with Gasteiger partial charge in [-0.3, -0.25) is 0 Å². The zero-order chi connectivity index (χ0) is 12.3. The average Bonchev–Trinajstić information content (AvgIpc) is 2.18. The van der Waals surface area contributed by atoms with Gasteiger partial charge in [-0.15, -0.1) is 0 Å². The summed E-state index contributed by atoms with van der Waals surface area (Å²) in [6.45, 7) is -0.234. The lowest BCUT2D eigenvalue weighted by Gasteiger charge is -2.10. The molecule has 0 aliphatic heterocycles. The highest BCUT2D eigenvalue weighted by Crippen LogP contribution is 2.33. The number of rotatable bonds is 3. The first kappa shape index (κ1) is 12.9. The zero-order valence-electron chi connectivity index (χ0n) is 8.11. The van der Waals surface area contributed by atoms with E-state index in [1.165, 1.54) is 0 Å². The van der Waals surface area contributed by atoms with Crippen LogP contribution in [0.3, 0.4) is 0 Å². The third kappa shape index (κ3) is 2.69. The summed E-state index contributed by atoms with van der Waals surface area (Å²) in [5.41, 5.74) is -1.78. The van der Waals surface area contributed by atoms with Crippen molar-refractivity contribution in [3.63, 3.8) is 0 Å². The van der Waals surface area contributed by atoms with E-state index in [1.54, 1.807) is 0 Å². The van der Waals surface area contributed by atoms with Gasteiger partial charge in [0.2, 0.25) is 0 Å². The molecule has 0 radical (unpaired) electrons. The SMILES string of the molecule is OCCCc1ccc(C(F)(F)F)c(F)c1F. The van der Waals surface area contributed by atoms with Crippen molar-refractivity contribution in [2.24, 2.45) is 0 Å². The van der Waals surface area contributed by atoms with Crippen LogP contribution < -0.4 is 0 Å². The summed E-state index contributed by atoms with van der Waals surface area (Å²) in [5.74, 6) is -3.38. The Bertz CT molecular complexity index is 372. The molecular weight excluding hydrogens is 231 g/mol. The number of benzene rings is 1. The molecule has 90 valence electrons. The highest BCUT2D eigenvalue weighted by molar-refractivity contribution is 5.28. The van der Waals surface area contributed by atoms with E-state index in [-0.39, 0.29) is 25.0 Å². The van der Waals surface area contributed by atoms with Crippen molar-refractivity contribution in [1.82, 2.24) is 0 Å². The van der Waals surface area contributed by atoms with Gasteiger partial charge >= 0.3 is 6.18 Å². The molecule has 0 amide bonds. The van der Waals surface area contributed by atoms with Crippen LogP contribution >= 0.6 is 0 Å². The molecule has 0 fully saturated rings. The summed E-state index contributed by atoms with van der Waals surface area (Å²) in [6.07, 6.45) is -4.74. The largest absolute Gasteiger partial charge is 0.419 e. The number of alkyl halides is 3. The van der Waals surface area contributed by atoms with Crippen LogP contribution in [-0.4, -0.2) is 11.7 Å². The normalized spacial score (nSPS) is 11.9. The summed E-state index contributed by atoms with van der Waals surface area (Å²) < 4.78 is 62.7. The predicted molar refractivity (Wildman–Crippen MR) is 46.8 cm³/mol. The molecule has 0 aliphatic carbocycles. The van der Waals surface area contributed by atoms with Crippen LogP contribution in [0.5, 0.6) is 0 Å². The molecular formula is C10H9F5O. The first-order chi connectivity index (χ1) is 7.38. The quantitative estimate of drug-likeness (QED) is 0.805. The van der Waals surface area contributed by atoms with Gasteiger partial charge in [-0.25, -0.2) is 8.78 Å². The maximum atomic E-state index is 13.2. The molecule has 1 aromatic rings. The summed E-state index contributed by atoms with van der Waals surface area (Å²) >= 11 is 0. The van der Waals surface area contributed by atoms with Gasteiger partial charge in [-0.2, -0.15) is 13.2 Å². The van der Waals surface area contributed by atoms with Gasteiger partial charge < -0.3 is 5.11 Å². The lowest BCUT2D eigenvalue weighted by molar-refractivity contribution is -0.140. The second-order valence-corrected chi connectivity index (χ2v) is 3.23. The second kappa shape index (κ2) is 4.78. The third-order valence-electron chi connectivity index (χ3n) is 2.07. The van der Waals surface area contributed by atoms with Crippen molar-refractivity contribution in [2.45, 2.75) is 19.0 Å². The molecule has 0 atom stereocenters. The molecule has 0 aromatic heterocycles. The molecule has 0 bridgehead atoms. The van der Waals surface area contributed by atoms with Crippen LogP contribution in [0.25, 0.3) is 0 Å². The highest BCUT2D eigenvalue weighted by Gasteiger charge is 2.35. The molecule has 16 heavy (non-hydrogen) atoms. The Morgan fingerprint density at radius 2 is 1.69 bits per heavy atom. The Kier molecular flexibility index (Phi) is 3.85. The van der Waals surface area contributed by atoms with Gasteiger partial charge in [0.1, 0.15) is 0 Å². The Balaban J connectivity index is 3.08. The Morgan fingerprint density at radius 1 is 1.06 bits per heavy atom. The lowest BCUT2D eigenvalue weighted by atomic mass is 10.1. The van der Waals surface area contributed by atoms with Crippen LogP contribution in [0.15, 0.2) is 12.1 Å². The van der Waals surface area contributed by atoms with Gasteiger partial charge in [0, 0.05) is 6.61 Å². The van der Waals surface area contributed by atoms with Crippen molar-refractivity contribution in [1.29, 1.82) is 0 Å². The summed E-state index contributed by atoms with van der Waals surface area (Å²) in [6, 6.07) is 1.39. The van der Waals surface area contributed by atoms with Crippen molar-refractivity contribution in [2.75, 3.05) is 6.61 Å². The van der Waals surface area contributed by atoms with Crippen LogP contribution in [0.4, 0.5) is 22.0 Å². The van der Waals surface area contributed by atoms with Gasteiger partial charge in [0.25, 0.3) is 0 Å². The molecule has 0 saturated carbocycles. The molecule has 1 N–H and O–H groups in total. The number of aliphatic hydroxyl groups is 1. The van der Waals surface area contributed by atoms with Crippen LogP contribution in [0.2, 0.25) is 0 Å². The van der Waals surface area contributed by atoms with Crippen molar-refractivity contribution in [3.05, 3.63) is 34.9 Å². The molecule has 6 heteroatoms. The van der Waals surface area contributed by atoms with Crippen molar-refractivity contribution >= 4 is 0 Å². The molecule has 1 aromatic carbocycles. The standard InChI is InChI=1S/C10H9F5O/c11-8-6(2-1-5-16)3-4-7(9(8)12)10(13,14)15/h3-4,16H,1-2,5H2. The summed E-state index contributed by atoms with van der Waals surface area (Å²) in [4.78, 5) is 0. The topological polar surface area (TPSA) is 20.2 Å². The second-order valence-electron chi connectivity index (χ2n) is 3.23. The van der Waals surface area contributed by atoms with Gasteiger partial charge in [0.05, 0.1) is 5.56 Å². The predicted octanol–water partition coefficient (Wildman–Crippen LogP) is 2.91. The number of aliphatic hydroxyl groups excluding tert-OH is 1. The molecule has 0 heterocycles. The summed E-state index contributed by atoms with van der Waals surface area (Å²) in [7, 11) is 0. The van der Waals surface area contributed by atoms with E-state index in [1.807, 2.05) is 0 Å². The maximum absolute atomic E-state index is 13.2. The minimum Gasteiger partial charge on any atom is -0.396 e. The van der Waals surface area contributed by atoms with Crippen LogP contribution in [0, 0.1) is 11.6 Å². The molecule has 0 aliphatic rings. The van der Waals surface area contributed by atoms with E-state index < -0.39 is 23.4 Å². The number of halogens is 5. The first-order valence-corrected chi connectivity index (χ1v) is 4.53. The third-order valence-corrected chi connectivity index (χ3v) is 2.07. The van der Waals surface area contributed by atoms with E-state index in [4.69, 9.17) is 5.11 Å². The van der Waals surface area contributed by atoms with E-state index in [9.17, 15) is 22.0 Å². The minimum absolute atomic E-state index is 0.00259. The smallest absolute Gasteiger partial charge is 0.396 e. The maximum Gasteiger partial charge on any atom is 0.419 e. The Labute approximate surface area is 88.5 Å². The van der Waals surface area contributed by atoms with Crippen molar-refractivity contribution < 1.29 is 27.1 Å². The lowest BCUT2D eigenvalue weighted by Crippen LogP contribution is -2.11. The molecule has 1 nitrogen and oxygen atoms in total. The monoisotopic (exact) mass is 240 g/mol. The molecule has 0 unspecified atom stereocenters. The van der Waals surface area contributed by atoms with Gasteiger partial charge in [-0.05, 0) is 24.5 Å². The minimum atomic E-state index is -4.90. The fourth-order valence-corrected chi connectivity index (χ4v) is 1.27. The zero-order valence-corrected chi connectivity index (χ0v) is 8.11. The highest BCUT2D eigenvalue weighted by atomic mass is 19.4. The van der Waals surface area contributed by atoms with E-state index >= 15 is 0 Å². The van der Waals surface area contributed by atoms with Crippen LogP contribution in [-0.2, 0) is 12.6 Å². The summed E-state index contributed by atoms with van der Waals surface area (Å²) in [5, 5.41) is 8.48. The molecule has 1 rings (SSSR count).